The van der Waals surface area contributed by atoms with Gasteiger partial charge in [-0.25, -0.2) is 8.42 Å². The first-order valence-electron chi connectivity index (χ1n) is 5.89. The number of hydrogen-bond acceptors (Lipinski definition) is 4. The molecule has 0 saturated heterocycles. The van der Waals surface area contributed by atoms with Crippen molar-refractivity contribution in [1.29, 1.82) is 5.26 Å². The van der Waals surface area contributed by atoms with Crippen molar-refractivity contribution < 1.29 is 13.2 Å². The maximum Gasteiger partial charge on any atom is 0.261 e. The zero-order chi connectivity index (χ0) is 15.3. The highest BCUT2D eigenvalue weighted by Gasteiger charge is 2.14. The number of sulfonamides is 1. The number of benzene rings is 2. The molecule has 0 amide bonds. The highest BCUT2D eigenvalue weighted by Crippen LogP contribution is 2.21. The second kappa shape index (κ2) is 6.61. The molecule has 0 atom stereocenters. The fourth-order valence-electron chi connectivity index (χ4n) is 1.59. The van der Waals surface area contributed by atoms with Gasteiger partial charge in [-0.05, 0) is 36.4 Å². The van der Waals surface area contributed by atoms with Gasteiger partial charge in [0.25, 0.3) is 10.0 Å². The first-order chi connectivity index (χ1) is 10.0. The highest BCUT2D eigenvalue weighted by molar-refractivity contribution is 9.10. The lowest BCUT2D eigenvalue weighted by atomic mass is 10.3. The summed E-state index contributed by atoms with van der Waals surface area (Å²) in [6.45, 7) is -0.0943. The minimum Gasteiger partial charge on any atom is -0.479 e. The number of nitriles is 1. The van der Waals surface area contributed by atoms with E-state index >= 15 is 0 Å². The van der Waals surface area contributed by atoms with E-state index in [9.17, 15) is 8.42 Å². The smallest absolute Gasteiger partial charge is 0.261 e. The molecule has 0 aromatic heterocycles. The van der Waals surface area contributed by atoms with Gasteiger partial charge in [-0.2, -0.15) is 5.26 Å². The van der Waals surface area contributed by atoms with E-state index in [1.807, 2.05) is 6.07 Å². The van der Waals surface area contributed by atoms with Crippen LogP contribution in [0.2, 0.25) is 0 Å². The summed E-state index contributed by atoms with van der Waals surface area (Å²) in [5.41, 5.74) is 0.369. The van der Waals surface area contributed by atoms with E-state index in [4.69, 9.17) is 10.00 Å². The molecule has 0 aliphatic heterocycles. The van der Waals surface area contributed by atoms with Crippen LogP contribution < -0.4 is 9.46 Å². The monoisotopic (exact) mass is 366 g/mol. The van der Waals surface area contributed by atoms with Crippen LogP contribution in [-0.2, 0) is 10.0 Å². The van der Waals surface area contributed by atoms with E-state index in [-0.39, 0.29) is 11.5 Å². The predicted molar refractivity (Wildman–Crippen MR) is 82.5 cm³/mol. The molecule has 108 valence electrons. The Balaban J connectivity index is 2.20. The fraction of sp³-hybridized carbons (Fsp3) is 0.0714. The average molecular weight is 367 g/mol. The van der Waals surface area contributed by atoms with E-state index < -0.39 is 10.0 Å². The molecule has 0 unspecified atom stereocenters. The SMILES string of the molecule is N#CCOc1cccc(NS(=O)(=O)c2ccc(Br)cc2)c1. The maximum atomic E-state index is 12.2. The first-order valence-corrected chi connectivity index (χ1v) is 8.17. The number of hydrogen-bond donors (Lipinski definition) is 1. The number of ether oxygens (including phenoxy) is 1. The summed E-state index contributed by atoms with van der Waals surface area (Å²) in [7, 11) is -3.66. The molecule has 0 heterocycles. The molecule has 0 radical (unpaired) electrons. The Morgan fingerprint density at radius 1 is 1.19 bits per heavy atom. The van der Waals surface area contributed by atoms with E-state index in [0.29, 0.717) is 11.4 Å². The van der Waals surface area contributed by atoms with Crippen LogP contribution in [-0.4, -0.2) is 15.0 Å². The Morgan fingerprint density at radius 2 is 1.90 bits per heavy atom. The number of anilines is 1. The van der Waals surface area contributed by atoms with Gasteiger partial charge in [0.1, 0.15) is 11.8 Å². The van der Waals surface area contributed by atoms with Crippen LogP contribution in [0.15, 0.2) is 57.9 Å². The lowest BCUT2D eigenvalue weighted by Crippen LogP contribution is -2.12. The van der Waals surface area contributed by atoms with Gasteiger partial charge in [0.2, 0.25) is 0 Å². The van der Waals surface area contributed by atoms with Gasteiger partial charge >= 0.3 is 0 Å². The lowest BCUT2D eigenvalue weighted by molar-refractivity contribution is 0.368. The van der Waals surface area contributed by atoms with Crippen LogP contribution >= 0.6 is 15.9 Å². The first kappa shape index (κ1) is 15.4. The number of halogens is 1. The lowest BCUT2D eigenvalue weighted by Gasteiger charge is -2.09. The summed E-state index contributed by atoms with van der Waals surface area (Å²) in [5, 5.41) is 8.46. The summed E-state index contributed by atoms with van der Waals surface area (Å²) in [6, 6.07) is 14.6. The number of nitrogens with zero attached hydrogens (tertiary/aromatic N) is 1. The predicted octanol–water partition coefficient (Wildman–Crippen LogP) is 3.15. The third kappa shape index (κ3) is 4.21. The van der Waals surface area contributed by atoms with E-state index in [0.717, 1.165) is 4.47 Å². The molecule has 2 aromatic rings. The van der Waals surface area contributed by atoms with Crippen molar-refractivity contribution in [3.05, 3.63) is 53.0 Å². The van der Waals surface area contributed by atoms with Crippen molar-refractivity contribution in [2.45, 2.75) is 4.90 Å². The van der Waals surface area contributed by atoms with E-state index in [2.05, 4.69) is 20.7 Å². The third-order valence-corrected chi connectivity index (χ3v) is 4.44. The Bertz CT molecular complexity index is 768. The molecule has 0 fully saturated rings. The van der Waals surface area contributed by atoms with Crippen molar-refractivity contribution in [2.24, 2.45) is 0 Å². The molecule has 21 heavy (non-hydrogen) atoms. The van der Waals surface area contributed by atoms with Crippen LogP contribution in [0.1, 0.15) is 0 Å². The summed E-state index contributed by atoms with van der Waals surface area (Å²) >= 11 is 3.25. The van der Waals surface area contributed by atoms with E-state index in [1.54, 1.807) is 30.3 Å². The molecule has 0 aliphatic rings. The second-order valence-corrected chi connectivity index (χ2v) is 6.63. The Hall–Kier alpha value is -2.04. The molecule has 2 rings (SSSR count). The summed E-state index contributed by atoms with van der Waals surface area (Å²) in [6.07, 6.45) is 0. The molecular weight excluding hydrogens is 356 g/mol. The molecule has 5 nitrogen and oxygen atoms in total. The molecular formula is C14H11BrN2O3S. The summed E-state index contributed by atoms with van der Waals surface area (Å²) in [5.74, 6) is 0.424. The third-order valence-electron chi connectivity index (χ3n) is 2.51. The normalized spacial score (nSPS) is 10.7. The molecule has 0 aliphatic carbocycles. The minimum absolute atomic E-state index is 0.0943. The topological polar surface area (TPSA) is 79.2 Å². The van der Waals surface area contributed by atoms with Crippen LogP contribution in [0, 0.1) is 11.3 Å². The Morgan fingerprint density at radius 3 is 2.57 bits per heavy atom. The highest BCUT2D eigenvalue weighted by atomic mass is 79.9. The minimum atomic E-state index is -3.66. The molecule has 0 saturated carbocycles. The van der Waals surface area contributed by atoms with Crippen LogP contribution in [0.4, 0.5) is 5.69 Å². The van der Waals surface area contributed by atoms with Gasteiger partial charge in [-0.3, -0.25) is 4.72 Å². The maximum absolute atomic E-state index is 12.2. The van der Waals surface area contributed by atoms with Crippen molar-refractivity contribution in [3.63, 3.8) is 0 Å². The van der Waals surface area contributed by atoms with Crippen molar-refractivity contribution in [2.75, 3.05) is 11.3 Å². The van der Waals surface area contributed by atoms with Gasteiger partial charge < -0.3 is 4.74 Å². The van der Waals surface area contributed by atoms with Crippen molar-refractivity contribution in [1.82, 2.24) is 0 Å². The van der Waals surface area contributed by atoms with Crippen molar-refractivity contribution >= 4 is 31.6 Å². The number of rotatable bonds is 5. The van der Waals surface area contributed by atoms with Crippen LogP contribution in [0.3, 0.4) is 0 Å². The largest absolute Gasteiger partial charge is 0.479 e. The summed E-state index contributed by atoms with van der Waals surface area (Å²) < 4.78 is 32.8. The fourth-order valence-corrected chi connectivity index (χ4v) is 2.91. The summed E-state index contributed by atoms with van der Waals surface area (Å²) in [4.78, 5) is 0.161. The van der Waals surface area contributed by atoms with Gasteiger partial charge in [-0.1, -0.05) is 22.0 Å². The number of nitrogens with one attached hydrogen (secondary N) is 1. The van der Waals surface area contributed by atoms with Crippen LogP contribution in [0.25, 0.3) is 0 Å². The van der Waals surface area contributed by atoms with Crippen LogP contribution in [0.5, 0.6) is 5.75 Å². The molecule has 1 N–H and O–H groups in total. The Labute approximate surface area is 131 Å². The Kier molecular flexibility index (Phi) is 4.83. The average Bonchev–Trinajstić information content (AvgIpc) is 2.45. The van der Waals surface area contributed by atoms with Gasteiger partial charge in [0.05, 0.1) is 10.6 Å². The molecule has 2 aromatic carbocycles. The molecule has 0 bridgehead atoms. The zero-order valence-electron chi connectivity index (χ0n) is 10.8. The second-order valence-electron chi connectivity index (χ2n) is 4.03. The quantitative estimate of drug-likeness (QED) is 0.881. The molecule has 7 heteroatoms. The zero-order valence-corrected chi connectivity index (χ0v) is 13.2. The van der Waals surface area contributed by atoms with Crippen molar-refractivity contribution in [3.8, 4) is 11.8 Å². The van der Waals surface area contributed by atoms with Gasteiger partial charge in [0, 0.05) is 10.5 Å². The molecule has 0 spiro atoms. The van der Waals surface area contributed by atoms with E-state index in [1.165, 1.54) is 18.2 Å². The standard InChI is InChI=1S/C14H11BrN2O3S/c15-11-4-6-14(7-5-11)21(18,19)17-12-2-1-3-13(10-12)20-9-8-16/h1-7,10,17H,9H2. The van der Waals surface area contributed by atoms with Gasteiger partial charge in [0.15, 0.2) is 6.61 Å². The van der Waals surface area contributed by atoms with Gasteiger partial charge in [-0.15, -0.1) is 0 Å².